The molecule has 96 valence electrons. The van der Waals surface area contributed by atoms with Gasteiger partial charge < -0.3 is 14.4 Å². The average molecular weight is 313 g/mol. The summed E-state index contributed by atoms with van der Waals surface area (Å²) in [6, 6.07) is 5.88. The molecule has 1 heterocycles. The number of hydrogen-bond donors (Lipinski definition) is 0. The van der Waals surface area contributed by atoms with Gasteiger partial charge in [0, 0.05) is 10.0 Å². The van der Waals surface area contributed by atoms with Crippen LogP contribution in [0.25, 0.3) is 0 Å². The number of halogens is 1. The second-order valence-corrected chi connectivity index (χ2v) is 4.58. The van der Waals surface area contributed by atoms with Crippen molar-refractivity contribution in [2.24, 2.45) is 10.3 Å². The highest BCUT2D eigenvalue weighted by Crippen LogP contribution is 2.18. The van der Waals surface area contributed by atoms with Crippen molar-refractivity contribution in [2.75, 3.05) is 20.3 Å². The third-order valence-corrected chi connectivity index (χ3v) is 2.89. The first kappa shape index (κ1) is 12.9. The van der Waals surface area contributed by atoms with Crippen LogP contribution < -0.4 is 0 Å². The summed E-state index contributed by atoms with van der Waals surface area (Å²) in [5.41, 5.74) is 2.46. The molecule has 0 amide bonds. The summed E-state index contributed by atoms with van der Waals surface area (Å²) in [5, 5.41) is 7.84. The van der Waals surface area contributed by atoms with Crippen LogP contribution in [0.2, 0.25) is 0 Å². The normalized spacial score (nSPS) is 15.5. The minimum absolute atomic E-state index is 0.337. The Hall–Kier alpha value is -1.56. The van der Waals surface area contributed by atoms with Crippen LogP contribution in [0.15, 0.2) is 33.0 Å². The van der Waals surface area contributed by atoms with Gasteiger partial charge in [0.2, 0.25) is 0 Å². The van der Waals surface area contributed by atoms with Crippen molar-refractivity contribution in [3.05, 3.63) is 33.8 Å². The number of nitrogens with zero attached hydrogens (tertiary/aromatic N) is 2. The number of oxime groups is 2. The quantitative estimate of drug-likeness (QED) is 0.636. The second-order valence-electron chi connectivity index (χ2n) is 3.66. The van der Waals surface area contributed by atoms with E-state index in [0.29, 0.717) is 24.8 Å². The van der Waals surface area contributed by atoms with Crippen molar-refractivity contribution in [1.82, 2.24) is 0 Å². The molecule has 0 atom stereocenters. The van der Waals surface area contributed by atoms with Crippen molar-refractivity contribution < 1.29 is 14.4 Å². The molecule has 0 radical (unpaired) electrons. The van der Waals surface area contributed by atoms with Gasteiger partial charge in [-0.05, 0) is 29.8 Å². The molecule has 1 aromatic carbocycles. The lowest BCUT2D eigenvalue weighted by Crippen LogP contribution is -2.26. The molecular weight excluding hydrogens is 300 g/mol. The molecular formula is C12H13BrN2O3. The van der Waals surface area contributed by atoms with Crippen LogP contribution in [-0.4, -0.2) is 31.9 Å². The largest absolute Gasteiger partial charge is 0.470 e. The van der Waals surface area contributed by atoms with E-state index in [4.69, 9.17) is 14.4 Å². The van der Waals surface area contributed by atoms with Crippen LogP contribution in [0, 0.1) is 6.92 Å². The summed E-state index contributed by atoms with van der Waals surface area (Å²) >= 11 is 3.43. The van der Waals surface area contributed by atoms with Crippen molar-refractivity contribution in [1.29, 1.82) is 0 Å². The monoisotopic (exact) mass is 312 g/mol. The van der Waals surface area contributed by atoms with E-state index in [1.807, 2.05) is 25.1 Å². The third-order valence-electron chi connectivity index (χ3n) is 2.40. The molecule has 0 unspecified atom stereocenters. The predicted octanol–water partition coefficient (Wildman–Crippen LogP) is 2.47. The topological polar surface area (TPSA) is 52.4 Å². The fourth-order valence-electron chi connectivity index (χ4n) is 1.56. The van der Waals surface area contributed by atoms with E-state index >= 15 is 0 Å². The van der Waals surface area contributed by atoms with Gasteiger partial charge in [-0.1, -0.05) is 27.2 Å². The number of hydrogen-bond acceptors (Lipinski definition) is 5. The lowest BCUT2D eigenvalue weighted by Gasteiger charge is -2.15. The summed E-state index contributed by atoms with van der Waals surface area (Å²) in [4.78, 5) is 9.88. The summed E-state index contributed by atoms with van der Waals surface area (Å²) in [7, 11) is 1.48. The van der Waals surface area contributed by atoms with Gasteiger partial charge >= 0.3 is 0 Å². The first-order chi connectivity index (χ1) is 8.72. The first-order valence-corrected chi connectivity index (χ1v) is 6.22. The molecule has 1 aliphatic rings. The summed E-state index contributed by atoms with van der Waals surface area (Å²) in [6.07, 6.45) is 0. The van der Waals surface area contributed by atoms with E-state index in [1.54, 1.807) is 0 Å². The fraction of sp³-hybridized carbons (Fsp3) is 0.333. The Morgan fingerprint density at radius 3 is 2.94 bits per heavy atom. The molecule has 0 bridgehead atoms. The predicted molar refractivity (Wildman–Crippen MR) is 71.8 cm³/mol. The highest BCUT2D eigenvalue weighted by molar-refractivity contribution is 9.10. The standard InChI is InChI=1S/C12H13BrN2O3/c1-8-3-4-9(13)7-10(8)11(14-16-2)12-15-18-6-5-17-12/h3-4,7H,5-6H2,1-2H3/b14-11+. The lowest BCUT2D eigenvalue weighted by atomic mass is 10.0. The van der Waals surface area contributed by atoms with Crippen LogP contribution >= 0.6 is 15.9 Å². The number of ether oxygens (including phenoxy) is 1. The molecule has 0 fully saturated rings. The minimum atomic E-state index is 0.337. The highest BCUT2D eigenvalue weighted by atomic mass is 79.9. The molecule has 0 N–H and O–H groups in total. The number of aryl methyl sites for hydroxylation is 1. The van der Waals surface area contributed by atoms with E-state index in [9.17, 15) is 0 Å². The fourth-order valence-corrected chi connectivity index (χ4v) is 1.92. The zero-order valence-corrected chi connectivity index (χ0v) is 11.7. The minimum Gasteiger partial charge on any atom is -0.470 e. The zero-order valence-electron chi connectivity index (χ0n) is 10.1. The Morgan fingerprint density at radius 2 is 2.28 bits per heavy atom. The van der Waals surface area contributed by atoms with E-state index in [2.05, 4.69) is 26.2 Å². The molecule has 0 saturated carbocycles. The van der Waals surface area contributed by atoms with Crippen LogP contribution in [0.5, 0.6) is 0 Å². The van der Waals surface area contributed by atoms with Gasteiger partial charge in [-0.25, -0.2) is 0 Å². The lowest BCUT2D eigenvalue weighted by molar-refractivity contribution is 0.0672. The molecule has 0 spiro atoms. The zero-order chi connectivity index (χ0) is 13.0. The third kappa shape index (κ3) is 2.81. The van der Waals surface area contributed by atoms with E-state index in [1.165, 1.54) is 7.11 Å². The van der Waals surface area contributed by atoms with Crippen LogP contribution in [0.3, 0.4) is 0 Å². The van der Waals surface area contributed by atoms with Gasteiger partial charge in [0.05, 0.1) is 0 Å². The molecule has 0 aromatic heterocycles. The van der Waals surface area contributed by atoms with Crippen molar-refractivity contribution in [2.45, 2.75) is 6.92 Å². The number of benzene rings is 1. The summed E-state index contributed by atoms with van der Waals surface area (Å²) in [5.74, 6) is 0.337. The van der Waals surface area contributed by atoms with Crippen LogP contribution in [0.4, 0.5) is 0 Å². The maximum atomic E-state index is 5.44. The second kappa shape index (κ2) is 5.86. The van der Waals surface area contributed by atoms with Gasteiger partial charge in [0.25, 0.3) is 5.90 Å². The van der Waals surface area contributed by atoms with E-state index in [-0.39, 0.29) is 0 Å². The summed E-state index contributed by atoms with van der Waals surface area (Å²) in [6.45, 7) is 2.88. The van der Waals surface area contributed by atoms with Gasteiger partial charge in [-0.15, -0.1) is 0 Å². The van der Waals surface area contributed by atoms with Crippen LogP contribution in [0.1, 0.15) is 11.1 Å². The van der Waals surface area contributed by atoms with Gasteiger partial charge in [0.15, 0.2) is 12.3 Å². The summed E-state index contributed by atoms with van der Waals surface area (Å²) < 4.78 is 6.39. The molecule has 0 aliphatic carbocycles. The molecule has 2 rings (SSSR count). The van der Waals surface area contributed by atoms with Gasteiger partial charge in [-0.3, -0.25) is 0 Å². The maximum Gasteiger partial charge on any atom is 0.280 e. The Kier molecular flexibility index (Phi) is 4.19. The molecule has 5 nitrogen and oxygen atoms in total. The van der Waals surface area contributed by atoms with Crippen molar-refractivity contribution in [3.8, 4) is 0 Å². The van der Waals surface area contributed by atoms with Crippen LogP contribution in [-0.2, 0) is 14.4 Å². The molecule has 1 aliphatic heterocycles. The van der Waals surface area contributed by atoms with E-state index in [0.717, 1.165) is 15.6 Å². The van der Waals surface area contributed by atoms with Crippen molar-refractivity contribution in [3.63, 3.8) is 0 Å². The molecule has 6 heteroatoms. The smallest absolute Gasteiger partial charge is 0.280 e. The van der Waals surface area contributed by atoms with Gasteiger partial charge in [-0.2, -0.15) is 0 Å². The Bertz CT molecular complexity index is 500. The van der Waals surface area contributed by atoms with Crippen molar-refractivity contribution >= 4 is 27.5 Å². The maximum absolute atomic E-state index is 5.44. The first-order valence-electron chi connectivity index (χ1n) is 5.43. The molecule has 0 saturated heterocycles. The Morgan fingerprint density at radius 1 is 1.44 bits per heavy atom. The molecule has 18 heavy (non-hydrogen) atoms. The number of rotatable bonds is 3. The highest BCUT2D eigenvalue weighted by Gasteiger charge is 2.20. The Labute approximate surface area is 114 Å². The average Bonchev–Trinajstić information content (AvgIpc) is 2.40. The van der Waals surface area contributed by atoms with Gasteiger partial charge in [0.1, 0.15) is 13.7 Å². The molecule has 1 aromatic rings. The Balaban J connectivity index is 2.44. The van der Waals surface area contributed by atoms with E-state index < -0.39 is 0 Å². The SMILES string of the molecule is CO/N=C(/C1=NOCCO1)c1cc(Br)ccc1C.